The van der Waals surface area contributed by atoms with Crippen LogP contribution >= 0.6 is 11.8 Å². The summed E-state index contributed by atoms with van der Waals surface area (Å²) in [5, 5.41) is 0.854. The van der Waals surface area contributed by atoms with Crippen molar-refractivity contribution in [2.45, 2.75) is 58.6 Å². The molecule has 74 valence electrons. The third kappa shape index (κ3) is 5.93. The van der Waals surface area contributed by atoms with E-state index in [-0.39, 0.29) is 0 Å². The lowest BCUT2D eigenvalue weighted by molar-refractivity contribution is 0.492. The zero-order valence-corrected chi connectivity index (χ0v) is 9.91. The molecule has 0 radical (unpaired) electrons. The number of thioether (sulfide) groups is 1. The predicted octanol–water partition coefficient (Wildman–Crippen LogP) is 4.34. The van der Waals surface area contributed by atoms with Crippen molar-refractivity contribution < 1.29 is 0 Å². The Morgan fingerprint density at radius 2 is 1.75 bits per heavy atom. The van der Waals surface area contributed by atoms with Crippen LogP contribution in [0.2, 0.25) is 0 Å². The van der Waals surface area contributed by atoms with Crippen molar-refractivity contribution in [2.24, 2.45) is 5.92 Å². The molecule has 0 aromatic heterocycles. The van der Waals surface area contributed by atoms with Gasteiger partial charge in [0.1, 0.15) is 0 Å². The highest BCUT2D eigenvalue weighted by Crippen LogP contribution is 2.23. The zero-order valence-electron chi connectivity index (χ0n) is 9.10. The molecule has 1 heteroatoms. The molecule has 0 saturated heterocycles. The Morgan fingerprint density at radius 3 is 2.25 bits per heavy atom. The van der Waals surface area contributed by atoms with Crippen molar-refractivity contribution in [2.75, 3.05) is 5.75 Å². The maximum atomic E-state index is 2.39. The lowest BCUT2D eigenvalue weighted by Gasteiger charge is -2.18. The molecule has 0 nitrogen and oxygen atoms in total. The molecule has 2 unspecified atom stereocenters. The standard InChI is InChI=1S/C11H24S/c1-5-7-8-9-10(3)11(4)12-6-2/h10-11H,5-9H2,1-4H3. The average Bonchev–Trinajstić information content (AvgIpc) is 2.05. The van der Waals surface area contributed by atoms with E-state index in [9.17, 15) is 0 Å². The SMILES string of the molecule is CCCCCC(C)C(C)SCC. The van der Waals surface area contributed by atoms with E-state index < -0.39 is 0 Å². The Morgan fingerprint density at radius 1 is 1.08 bits per heavy atom. The summed E-state index contributed by atoms with van der Waals surface area (Å²) in [5.41, 5.74) is 0. The van der Waals surface area contributed by atoms with Gasteiger partial charge in [-0.25, -0.2) is 0 Å². The average molecular weight is 188 g/mol. The largest absolute Gasteiger partial charge is 0.159 e. The Kier molecular flexibility index (Phi) is 8.20. The van der Waals surface area contributed by atoms with Crippen molar-refractivity contribution in [1.82, 2.24) is 0 Å². The van der Waals surface area contributed by atoms with Gasteiger partial charge in [-0.15, -0.1) is 0 Å². The maximum Gasteiger partial charge on any atom is 0.00442 e. The van der Waals surface area contributed by atoms with Crippen molar-refractivity contribution in [3.8, 4) is 0 Å². The summed E-state index contributed by atoms with van der Waals surface area (Å²) < 4.78 is 0. The highest BCUT2D eigenvalue weighted by Gasteiger charge is 2.10. The van der Waals surface area contributed by atoms with Gasteiger partial charge in [-0.05, 0) is 18.1 Å². The molecule has 0 saturated carbocycles. The second-order valence-corrected chi connectivity index (χ2v) is 5.29. The first-order valence-electron chi connectivity index (χ1n) is 5.33. The van der Waals surface area contributed by atoms with Crippen molar-refractivity contribution in [3.63, 3.8) is 0 Å². The van der Waals surface area contributed by atoms with E-state index in [1.807, 2.05) is 0 Å². The van der Waals surface area contributed by atoms with Gasteiger partial charge < -0.3 is 0 Å². The summed E-state index contributed by atoms with van der Waals surface area (Å²) >= 11 is 2.10. The third-order valence-corrected chi connectivity index (χ3v) is 3.82. The molecule has 12 heavy (non-hydrogen) atoms. The summed E-state index contributed by atoms with van der Waals surface area (Å²) in [5.74, 6) is 2.17. The highest BCUT2D eigenvalue weighted by molar-refractivity contribution is 7.99. The van der Waals surface area contributed by atoms with E-state index in [1.165, 1.54) is 31.4 Å². The Hall–Kier alpha value is 0.350. The minimum absolute atomic E-state index is 0.854. The Bertz CT molecular complexity index is 91.0. The van der Waals surface area contributed by atoms with Gasteiger partial charge in [0.25, 0.3) is 0 Å². The van der Waals surface area contributed by atoms with Crippen LogP contribution in [0.1, 0.15) is 53.4 Å². The van der Waals surface area contributed by atoms with Gasteiger partial charge in [-0.3, -0.25) is 0 Å². The van der Waals surface area contributed by atoms with E-state index in [0.717, 1.165) is 11.2 Å². The fraction of sp³-hybridized carbons (Fsp3) is 1.00. The molecule has 0 bridgehead atoms. The minimum atomic E-state index is 0.854. The fourth-order valence-corrected chi connectivity index (χ4v) is 2.37. The van der Waals surface area contributed by atoms with Crippen LogP contribution in [-0.2, 0) is 0 Å². The normalized spacial score (nSPS) is 16.0. The van der Waals surface area contributed by atoms with Crippen molar-refractivity contribution in [3.05, 3.63) is 0 Å². The quantitative estimate of drug-likeness (QED) is 0.535. The number of rotatable bonds is 7. The lowest BCUT2D eigenvalue weighted by Crippen LogP contribution is -2.10. The molecular formula is C11H24S. The number of unbranched alkanes of at least 4 members (excludes halogenated alkanes) is 2. The first kappa shape index (κ1) is 12.3. The van der Waals surface area contributed by atoms with Gasteiger partial charge in [0.2, 0.25) is 0 Å². The topological polar surface area (TPSA) is 0 Å². The monoisotopic (exact) mass is 188 g/mol. The molecule has 0 rings (SSSR count). The summed E-state index contributed by atoms with van der Waals surface area (Å²) in [6.45, 7) is 9.28. The molecule has 0 heterocycles. The summed E-state index contributed by atoms with van der Waals surface area (Å²) in [6, 6.07) is 0. The summed E-state index contributed by atoms with van der Waals surface area (Å²) in [6.07, 6.45) is 5.60. The van der Waals surface area contributed by atoms with Crippen LogP contribution in [0.25, 0.3) is 0 Å². The van der Waals surface area contributed by atoms with E-state index in [4.69, 9.17) is 0 Å². The van der Waals surface area contributed by atoms with Crippen LogP contribution < -0.4 is 0 Å². The van der Waals surface area contributed by atoms with E-state index in [1.54, 1.807) is 0 Å². The van der Waals surface area contributed by atoms with Crippen LogP contribution in [0.5, 0.6) is 0 Å². The molecule has 0 aromatic carbocycles. The maximum absolute atomic E-state index is 2.39. The molecule has 0 aromatic rings. The fourth-order valence-electron chi connectivity index (χ4n) is 1.38. The Labute approximate surface area is 82.5 Å². The number of hydrogen-bond acceptors (Lipinski definition) is 1. The first-order chi connectivity index (χ1) is 5.72. The van der Waals surface area contributed by atoms with Crippen LogP contribution in [-0.4, -0.2) is 11.0 Å². The summed E-state index contributed by atoms with van der Waals surface area (Å²) in [4.78, 5) is 0. The van der Waals surface area contributed by atoms with Crippen LogP contribution in [0.4, 0.5) is 0 Å². The molecule has 0 aliphatic rings. The molecule has 0 spiro atoms. The van der Waals surface area contributed by atoms with Crippen LogP contribution in [0.3, 0.4) is 0 Å². The van der Waals surface area contributed by atoms with E-state index >= 15 is 0 Å². The third-order valence-electron chi connectivity index (χ3n) is 2.49. The second kappa shape index (κ2) is 7.97. The van der Waals surface area contributed by atoms with Crippen LogP contribution in [0.15, 0.2) is 0 Å². The minimum Gasteiger partial charge on any atom is -0.159 e. The van der Waals surface area contributed by atoms with E-state index in [2.05, 4.69) is 39.5 Å². The molecule has 2 atom stereocenters. The van der Waals surface area contributed by atoms with Gasteiger partial charge in [0, 0.05) is 5.25 Å². The predicted molar refractivity (Wildman–Crippen MR) is 60.9 cm³/mol. The van der Waals surface area contributed by atoms with Gasteiger partial charge in [0.05, 0.1) is 0 Å². The molecule has 0 fully saturated rings. The Balaban J connectivity index is 3.35. The molecule has 0 aliphatic heterocycles. The highest BCUT2D eigenvalue weighted by atomic mass is 32.2. The van der Waals surface area contributed by atoms with Crippen molar-refractivity contribution >= 4 is 11.8 Å². The molecule has 0 amide bonds. The zero-order chi connectivity index (χ0) is 9.40. The van der Waals surface area contributed by atoms with E-state index in [0.29, 0.717) is 0 Å². The van der Waals surface area contributed by atoms with Gasteiger partial charge in [-0.2, -0.15) is 11.8 Å². The number of hydrogen-bond donors (Lipinski definition) is 0. The first-order valence-corrected chi connectivity index (χ1v) is 6.38. The smallest absolute Gasteiger partial charge is 0.00442 e. The van der Waals surface area contributed by atoms with Crippen molar-refractivity contribution in [1.29, 1.82) is 0 Å². The molecule has 0 aliphatic carbocycles. The van der Waals surface area contributed by atoms with Gasteiger partial charge >= 0.3 is 0 Å². The lowest BCUT2D eigenvalue weighted by atomic mass is 10.0. The molecular weight excluding hydrogens is 164 g/mol. The van der Waals surface area contributed by atoms with Gasteiger partial charge in [0.15, 0.2) is 0 Å². The second-order valence-electron chi connectivity index (χ2n) is 3.63. The summed E-state index contributed by atoms with van der Waals surface area (Å²) in [7, 11) is 0. The van der Waals surface area contributed by atoms with Crippen LogP contribution in [0, 0.1) is 5.92 Å². The molecule has 0 N–H and O–H groups in total. The van der Waals surface area contributed by atoms with Gasteiger partial charge in [-0.1, -0.05) is 47.0 Å².